The van der Waals surface area contributed by atoms with E-state index in [9.17, 15) is 22.7 Å². The molecule has 1 fully saturated rings. The summed E-state index contributed by atoms with van der Waals surface area (Å²) in [4.78, 5) is 6.44. The fourth-order valence-electron chi connectivity index (χ4n) is 5.02. The van der Waals surface area contributed by atoms with Gasteiger partial charge in [-0.2, -0.15) is 0 Å². The molecular weight excluding hydrogens is 484 g/mol. The maximum atomic E-state index is 13.8. The van der Waals surface area contributed by atoms with Crippen LogP contribution in [0.5, 0.6) is 5.75 Å². The molecule has 4 rings (SSSR count). The molecule has 196 valence electrons. The van der Waals surface area contributed by atoms with Crippen LogP contribution >= 0.6 is 0 Å². The minimum absolute atomic E-state index is 0.0550. The number of halogens is 4. The number of methoxy groups -OCH3 is 1. The topological polar surface area (TPSA) is 45.6 Å². The Kier molecular flexibility index (Phi) is 8.67. The van der Waals surface area contributed by atoms with Crippen LogP contribution in [0.4, 0.5) is 17.6 Å². The Balaban J connectivity index is 1.36. The first kappa shape index (κ1) is 26.9. The summed E-state index contributed by atoms with van der Waals surface area (Å²) in [6.07, 6.45) is 5.34. The van der Waals surface area contributed by atoms with Gasteiger partial charge in [0.2, 0.25) is 0 Å². The van der Waals surface area contributed by atoms with Crippen molar-refractivity contribution in [2.75, 3.05) is 33.4 Å². The SMILES string of the molecule is COc1ccc2ncc(CF)c(CCCC3(CO)CCN(CC#Cc4c(F)cc(F)cc4F)CC3)c2c1. The summed E-state index contributed by atoms with van der Waals surface area (Å²) in [6, 6.07) is 6.82. The highest BCUT2D eigenvalue weighted by Crippen LogP contribution is 2.37. The fourth-order valence-corrected chi connectivity index (χ4v) is 5.02. The zero-order valence-corrected chi connectivity index (χ0v) is 20.8. The van der Waals surface area contributed by atoms with Crippen molar-refractivity contribution >= 4 is 10.9 Å². The number of ether oxygens (including phenoxy) is 1. The number of fused-ring (bicyclic) bond motifs is 1. The molecule has 0 spiro atoms. The van der Waals surface area contributed by atoms with Gasteiger partial charge in [-0.25, -0.2) is 17.6 Å². The predicted molar refractivity (Wildman–Crippen MR) is 134 cm³/mol. The van der Waals surface area contributed by atoms with Gasteiger partial charge in [0.05, 0.1) is 24.7 Å². The molecule has 0 saturated carbocycles. The standard InChI is InChI=1S/C29H30F4N2O2/c1-37-22-6-7-28-25(16-22)23(20(17-30)18-34-28)4-2-8-29(19-36)9-12-35(13-10-29)11-3-5-24-26(32)14-21(31)15-27(24)33/h6-7,14-16,18,36H,2,4,8-13,17,19H2,1H3. The number of aromatic nitrogens is 1. The molecule has 2 aromatic carbocycles. The van der Waals surface area contributed by atoms with E-state index in [-0.39, 0.29) is 12.0 Å². The highest BCUT2D eigenvalue weighted by atomic mass is 19.1. The lowest BCUT2D eigenvalue weighted by Crippen LogP contribution is -2.42. The fraction of sp³-hybridized carbons (Fsp3) is 0.414. The number of likely N-dealkylation sites (tertiary alicyclic amines) is 1. The van der Waals surface area contributed by atoms with Gasteiger partial charge in [-0.3, -0.25) is 9.88 Å². The maximum absolute atomic E-state index is 13.8. The largest absolute Gasteiger partial charge is 0.497 e. The van der Waals surface area contributed by atoms with Crippen LogP contribution in [0.25, 0.3) is 10.9 Å². The van der Waals surface area contributed by atoms with Gasteiger partial charge in [0.25, 0.3) is 0 Å². The quantitative estimate of drug-likeness (QED) is 0.315. The molecule has 4 nitrogen and oxygen atoms in total. The summed E-state index contributed by atoms with van der Waals surface area (Å²) in [6.45, 7) is 1.16. The molecule has 2 heterocycles. The molecule has 0 atom stereocenters. The van der Waals surface area contributed by atoms with E-state index in [0.29, 0.717) is 49.5 Å². The van der Waals surface area contributed by atoms with Crippen molar-refractivity contribution in [1.29, 1.82) is 0 Å². The monoisotopic (exact) mass is 514 g/mol. The first-order chi connectivity index (χ1) is 17.9. The zero-order valence-electron chi connectivity index (χ0n) is 20.8. The van der Waals surface area contributed by atoms with Crippen LogP contribution in [-0.4, -0.2) is 48.3 Å². The lowest BCUT2D eigenvalue weighted by Gasteiger charge is -2.40. The highest BCUT2D eigenvalue weighted by Gasteiger charge is 2.33. The smallest absolute Gasteiger partial charge is 0.144 e. The first-order valence-corrected chi connectivity index (χ1v) is 12.3. The second kappa shape index (κ2) is 11.9. The predicted octanol–water partition coefficient (Wildman–Crippen LogP) is 5.58. The van der Waals surface area contributed by atoms with E-state index >= 15 is 0 Å². The van der Waals surface area contributed by atoms with Crippen molar-refractivity contribution in [2.45, 2.75) is 38.8 Å². The van der Waals surface area contributed by atoms with Gasteiger partial charge in [-0.05, 0) is 74.4 Å². The van der Waals surface area contributed by atoms with Crippen molar-refractivity contribution in [3.8, 4) is 17.6 Å². The van der Waals surface area contributed by atoms with Crippen LogP contribution in [0.1, 0.15) is 42.4 Å². The number of hydrogen-bond acceptors (Lipinski definition) is 4. The third-order valence-electron chi connectivity index (χ3n) is 7.33. The van der Waals surface area contributed by atoms with Gasteiger partial charge in [-0.1, -0.05) is 11.8 Å². The van der Waals surface area contributed by atoms with Crippen molar-refractivity contribution in [3.63, 3.8) is 0 Å². The molecule has 8 heteroatoms. The van der Waals surface area contributed by atoms with Gasteiger partial charge in [0, 0.05) is 35.9 Å². The Labute approximate surface area is 214 Å². The van der Waals surface area contributed by atoms with Crippen LogP contribution in [-0.2, 0) is 13.1 Å². The minimum Gasteiger partial charge on any atom is -0.497 e. The number of pyridine rings is 1. The summed E-state index contributed by atoms with van der Waals surface area (Å²) >= 11 is 0. The molecule has 1 aromatic heterocycles. The minimum atomic E-state index is -1.01. The first-order valence-electron chi connectivity index (χ1n) is 12.3. The summed E-state index contributed by atoms with van der Waals surface area (Å²) in [7, 11) is 1.59. The normalized spacial score (nSPS) is 15.4. The van der Waals surface area contributed by atoms with E-state index in [1.165, 1.54) is 0 Å². The van der Waals surface area contributed by atoms with Gasteiger partial charge >= 0.3 is 0 Å². The number of piperidine rings is 1. The molecule has 1 N–H and O–H groups in total. The number of hydrogen-bond donors (Lipinski definition) is 1. The number of rotatable bonds is 8. The summed E-state index contributed by atoms with van der Waals surface area (Å²) in [5.74, 6) is 2.94. The number of nitrogens with zero attached hydrogens (tertiary/aromatic N) is 2. The Morgan fingerprint density at radius 2 is 1.84 bits per heavy atom. The lowest BCUT2D eigenvalue weighted by atomic mass is 9.75. The number of aliphatic hydroxyl groups excluding tert-OH is 1. The number of alkyl halides is 1. The van der Waals surface area contributed by atoms with E-state index in [0.717, 1.165) is 42.1 Å². The molecule has 1 aliphatic heterocycles. The second-order valence-electron chi connectivity index (χ2n) is 9.61. The van der Waals surface area contributed by atoms with Crippen molar-refractivity contribution in [1.82, 2.24) is 9.88 Å². The Morgan fingerprint density at radius 3 is 2.49 bits per heavy atom. The van der Waals surface area contributed by atoms with Gasteiger partial charge in [0.15, 0.2) is 0 Å². The van der Waals surface area contributed by atoms with E-state index in [4.69, 9.17) is 4.74 Å². The van der Waals surface area contributed by atoms with Gasteiger partial charge in [0.1, 0.15) is 29.9 Å². The molecule has 37 heavy (non-hydrogen) atoms. The van der Waals surface area contributed by atoms with E-state index < -0.39 is 29.7 Å². The van der Waals surface area contributed by atoms with Gasteiger partial charge in [-0.15, -0.1) is 0 Å². The molecule has 0 unspecified atom stereocenters. The third kappa shape index (κ3) is 6.23. The van der Waals surface area contributed by atoms with Crippen molar-refractivity contribution in [3.05, 3.63) is 70.7 Å². The number of benzene rings is 2. The Bertz CT molecular complexity index is 1280. The Morgan fingerprint density at radius 1 is 1.11 bits per heavy atom. The van der Waals surface area contributed by atoms with Crippen LogP contribution in [0, 0.1) is 34.7 Å². The summed E-state index contributed by atoms with van der Waals surface area (Å²) < 4.78 is 59.7. The average molecular weight is 515 g/mol. The van der Waals surface area contributed by atoms with Crippen LogP contribution in [0.2, 0.25) is 0 Å². The molecule has 3 aromatic rings. The summed E-state index contributed by atoms with van der Waals surface area (Å²) in [5.41, 5.74) is 1.61. The van der Waals surface area contributed by atoms with Crippen molar-refractivity contribution < 1.29 is 27.4 Å². The van der Waals surface area contributed by atoms with E-state index in [1.807, 2.05) is 18.2 Å². The molecule has 0 bridgehead atoms. The van der Waals surface area contributed by atoms with Crippen LogP contribution in [0.15, 0.2) is 36.5 Å². The molecule has 0 radical (unpaired) electrons. The summed E-state index contributed by atoms with van der Waals surface area (Å²) in [5, 5.41) is 11.1. The van der Waals surface area contributed by atoms with E-state index in [2.05, 4.69) is 21.7 Å². The van der Waals surface area contributed by atoms with Gasteiger partial charge < -0.3 is 9.84 Å². The van der Waals surface area contributed by atoms with E-state index in [1.54, 1.807) is 13.3 Å². The molecule has 1 aliphatic rings. The zero-order chi connectivity index (χ0) is 26.4. The maximum Gasteiger partial charge on any atom is 0.144 e. The number of aryl methyl sites for hydroxylation is 1. The van der Waals surface area contributed by atoms with Crippen molar-refractivity contribution in [2.24, 2.45) is 5.41 Å². The molecule has 1 saturated heterocycles. The van der Waals surface area contributed by atoms with Crippen LogP contribution in [0.3, 0.4) is 0 Å². The number of aliphatic hydroxyl groups is 1. The lowest BCUT2D eigenvalue weighted by molar-refractivity contribution is 0.0401. The molecule has 0 aliphatic carbocycles. The second-order valence-corrected chi connectivity index (χ2v) is 9.61. The molecular formula is C29H30F4N2O2. The average Bonchev–Trinajstić information content (AvgIpc) is 2.90. The Hall–Kier alpha value is -3.15. The van der Waals surface area contributed by atoms with Crippen LogP contribution < -0.4 is 4.74 Å². The third-order valence-corrected chi connectivity index (χ3v) is 7.33. The highest BCUT2D eigenvalue weighted by molar-refractivity contribution is 5.84. The molecule has 0 amide bonds.